The highest BCUT2D eigenvalue weighted by molar-refractivity contribution is 4.96. The van der Waals surface area contributed by atoms with Crippen molar-refractivity contribution in [2.45, 2.75) is 6.54 Å². The second-order valence-electron chi connectivity index (χ2n) is 3.62. The lowest BCUT2D eigenvalue weighted by molar-refractivity contribution is 0.274. The first-order valence-corrected chi connectivity index (χ1v) is 4.50. The molecule has 13 heavy (non-hydrogen) atoms. The number of rotatable bonds is 5. The number of hydrogen-bond donors (Lipinski definition) is 1. The van der Waals surface area contributed by atoms with Gasteiger partial charge in [0, 0.05) is 31.5 Å². The predicted octanol–water partition coefficient (Wildman–Crippen LogP) is 0.403. The van der Waals surface area contributed by atoms with Crippen molar-refractivity contribution in [3.8, 4) is 0 Å². The number of hydrogen-bond acceptors (Lipinski definition) is 3. The molecule has 1 aromatic rings. The topological polar surface area (TPSA) is 35.2 Å². The molecule has 0 aromatic carbocycles. The zero-order chi connectivity index (χ0) is 9.68. The third kappa shape index (κ3) is 4.05. The molecule has 0 atom stereocenters. The molecule has 0 spiro atoms. The van der Waals surface area contributed by atoms with E-state index in [0.29, 0.717) is 0 Å². The molecule has 4 heteroatoms. The monoisotopic (exact) mass is 182 g/mol. The summed E-state index contributed by atoms with van der Waals surface area (Å²) >= 11 is 0. The van der Waals surface area contributed by atoms with Crippen LogP contribution in [0.2, 0.25) is 0 Å². The van der Waals surface area contributed by atoms with Crippen LogP contribution in [0.25, 0.3) is 0 Å². The molecule has 0 amide bonds. The van der Waals surface area contributed by atoms with E-state index in [1.807, 2.05) is 6.07 Å². The van der Waals surface area contributed by atoms with E-state index >= 15 is 0 Å². The summed E-state index contributed by atoms with van der Waals surface area (Å²) in [5.41, 5.74) is 1.17. The summed E-state index contributed by atoms with van der Waals surface area (Å²) in [6.45, 7) is 3.10. The van der Waals surface area contributed by atoms with Gasteiger partial charge >= 0.3 is 0 Å². The van der Waals surface area contributed by atoms with Crippen LogP contribution in [0.4, 0.5) is 0 Å². The average Bonchev–Trinajstić information content (AvgIpc) is 2.53. The Labute approximate surface area is 79.5 Å². The zero-order valence-electron chi connectivity index (χ0n) is 8.62. The van der Waals surface area contributed by atoms with E-state index in [2.05, 4.69) is 41.1 Å². The third-order valence-corrected chi connectivity index (χ3v) is 1.93. The van der Waals surface area contributed by atoms with Crippen molar-refractivity contribution in [1.82, 2.24) is 20.0 Å². The van der Waals surface area contributed by atoms with Gasteiger partial charge in [0.25, 0.3) is 0 Å². The third-order valence-electron chi connectivity index (χ3n) is 1.93. The highest BCUT2D eigenvalue weighted by atomic mass is 15.2. The van der Waals surface area contributed by atoms with Crippen LogP contribution in [0.1, 0.15) is 5.69 Å². The normalized spacial score (nSPS) is 11.5. The Kier molecular flexibility index (Phi) is 3.92. The van der Waals surface area contributed by atoms with Crippen LogP contribution in [0, 0.1) is 0 Å². The van der Waals surface area contributed by atoms with Gasteiger partial charge in [-0.3, -0.25) is 10.00 Å². The summed E-state index contributed by atoms with van der Waals surface area (Å²) in [7, 11) is 6.29. The van der Waals surface area contributed by atoms with Crippen molar-refractivity contribution in [1.29, 1.82) is 0 Å². The van der Waals surface area contributed by atoms with Crippen LogP contribution in [0.5, 0.6) is 0 Å². The number of aromatic amines is 1. The summed E-state index contributed by atoms with van der Waals surface area (Å²) in [5.74, 6) is 0. The summed E-state index contributed by atoms with van der Waals surface area (Å²) in [4.78, 5) is 4.46. The highest BCUT2D eigenvalue weighted by Crippen LogP contribution is 1.96. The van der Waals surface area contributed by atoms with Crippen molar-refractivity contribution in [2.75, 3.05) is 34.2 Å². The maximum atomic E-state index is 3.91. The second kappa shape index (κ2) is 4.99. The second-order valence-corrected chi connectivity index (χ2v) is 3.62. The molecule has 74 valence electrons. The van der Waals surface area contributed by atoms with Gasteiger partial charge in [-0.25, -0.2) is 0 Å². The number of H-pyrrole nitrogens is 1. The fourth-order valence-electron chi connectivity index (χ4n) is 1.11. The first kappa shape index (κ1) is 10.2. The predicted molar refractivity (Wildman–Crippen MR) is 53.5 cm³/mol. The van der Waals surface area contributed by atoms with Gasteiger partial charge in [0.1, 0.15) is 0 Å². The molecule has 1 rings (SSSR count). The van der Waals surface area contributed by atoms with Crippen LogP contribution >= 0.6 is 0 Å². The summed E-state index contributed by atoms with van der Waals surface area (Å²) in [5, 5.41) is 6.86. The van der Waals surface area contributed by atoms with Crippen LogP contribution < -0.4 is 0 Å². The van der Waals surface area contributed by atoms with E-state index in [9.17, 15) is 0 Å². The van der Waals surface area contributed by atoms with Crippen molar-refractivity contribution < 1.29 is 0 Å². The van der Waals surface area contributed by atoms with Crippen molar-refractivity contribution in [3.05, 3.63) is 18.0 Å². The molecule has 0 aliphatic carbocycles. The maximum Gasteiger partial charge on any atom is 0.0492 e. The van der Waals surface area contributed by atoms with E-state index in [1.165, 1.54) is 5.69 Å². The lowest BCUT2D eigenvalue weighted by Gasteiger charge is -2.18. The van der Waals surface area contributed by atoms with Crippen LogP contribution in [0.15, 0.2) is 12.3 Å². The lowest BCUT2D eigenvalue weighted by atomic mass is 10.4. The molecule has 1 aromatic heterocycles. The SMILES string of the molecule is CN(C)CCN(C)Cc1ccn[nH]1. The van der Waals surface area contributed by atoms with Crippen LogP contribution in [-0.4, -0.2) is 54.2 Å². The Morgan fingerprint density at radius 2 is 2.08 bits per heavy atom. The maximum absolute atomic E-state index is 3.91. The first-order chi connectivity index (χ1) is 6.18. The van der Waals surface area contributed by atoms with Gasteiger partial charge in [-0.2, -0.15) is 5.10 Å². The molecule has 0 aliphatic rings. The Balaban J connectivity index is 2.22. The molecule has 4 nitrogen and oxygen atoms in total. The zero-order valence-corrected chi connectivity index (χ0v) is 8.62. The van der Waals surface area contributed by atoms with Gasteiger partial charge in [-0.1, -0.05) is 0 Å². The van der Waals surface area contributed by atoms with Crippen LogP contribution in [-0.2, 0) is 6.54 Å². The van der Waals surface area contributed by atoms with E-state index in [4.69, 9.17) is 0 Å². The molecule has 1 N–H and O–H groups in total. The molecule has 0 aliphatic heterocycles. The largest absolute Gasteiger partial charge is 0.308 e. The van der Waals surface area contributed by atoms with Gasteiger partial charge in [0.15, 0.2) is 0 Å². The molecule has 0 saturated carbocycles. The molecule has 0 fully saturated rings. The smallest absolute Gasteiger partial charge is 0.0492 e. The quantitative estimate of drug-likeness (QED) is 0.716. The molecule has 0 unspecified atom stereocenters. The average molecular weight is 182 g/mol. The van der Waals surface area contributed by atoms with E-state index in [0.717, 1.165) is 19.6 Å². The van der Waals surface area contributed by atoms with Crippen molar-refractivity contribution in [3.63, 3.8) is 0 Å². The molecular weight excluding hydrogens is 164 g/mol. The van der Waals surface area contributed by atoms with Gasteiger partial charge < -0.3 is 4.90 Å². The van der Waals surface area contributed by atoms with E-state index < -0.39 is 0 Å². The molecule has 0 radical (unpaired) electrons. The number of nitrogens with one attached hydrogen (secondary N) is 1. The number of nitrogens with zero attached hydrogens (tertiary/aromatic N) is 3. The standard InChI is InChI=1S/C9H18N4/c1-12(2)6-7-13(3)8-9-4-5-10-11-9/h4-5H,6-8H2,1-3H3,(H,10,11). The number of aromatic nitrogens is 2. The van der Waals surface area contributed by atoms with E-state index in [-0.39, 0.29) is 0 Å². The Hall–Kier alpha value is -0.870. The number of likely N-dealkylation sites (N-methyl/N-ethyl adjacent to an activating group) is 2. The van der Waals surface area contributed by atoms with Gasteiger partial charge in [0.2, 0.25) is 0 Å². The minimum Gasteiger partial charge on any atom is -0.308 e. The fraction of sp³-hybridized carbons (Fsp3) is 0.667. The molecule has 0 bridgehead atoms. The Bertz CT molecular complexity index is 218. The van der Waals surface area contributed by atoms with Gasteiger partial charge in [0.05, 0.1) is 0 Å². The Morgan fingerprint density at radius 3 is 2.62 bits per heavy atom. The summed E-state index contributed by atoms with van der Waals surface area (Å²) in [6, 6.07) is 2.01. The first-order valence-electron chi connectivity index (χ1n) is 4.50. The van der Waals surface area contributed by atoms with Crippen LogP contribution in [0.3, 0.4) is 0 Å². The van der Waals surface area contributed by atoms with E-state index in [1.54, 1.807) is 6.20 Å². The van der Waals surface area contributed by atoms with Crippen molar-refractivity contribution in [2.24, 2.45) is 0 Å². The summed E-state index contributed by atoms with van der Waals surface area (Å²) < 4.78 is 0. The molecule has 1 heterocycles. The van der Waals surface area contributed by atoms with Gasteiger partial charge in [-0.15, -0.1) is 0 Å². The van der Waals surface area contributed by atoms with Gasteiger partial charge in [-0.05, 0) is 27.2 Å². The molecule has 0 saturated heterocycles. The lowest BCUT2D eigenvalue weighted by Crippen LogP contribution is -2.28. The van der Waals surface area contributed by atoms with Crippen molar-refractivity contribution >= 4 is 0 Å². The molecular formula is C9H18N4. The fourth-order valence-corrected chi connectivity index (χ4v) is 1.11. The summed E-state index contributed by atoms with van der Waals surface area (Å²) in [6.07, 6.45) is 1.79. The highest BCUT2D eigenvalue weighted by Gasteiger charge is 2.00. The Morgan fingerprint density at radius 1 is 1.31 bits per heavy atom. The minimum absolute atomic E-state index is 0.938. The minimum atomic E-state index is 0.938.